The third-order valence-electron chi connectivity index (χ3n) is 4.47. The van der Waals surface area contributed by atoms with Gasteiger partial charge >= 0.3 is 0 Å². The van der Waals surface area contributed by atoms with Gasteiger partial charge in [-0.15, -0.1) is 0 Å². The molecule has 1 aromatic carbocycles. The predicted molar refractivity (Wildman–Crippen MR) is 103 cm³/mol. The molecule has 1 aliphatic rings. The number of carbonyl (C=O) groups is 1. The summed E-state index contributed by atoms with van der Waals surface area (Å²) < 4.78 is 0. The molecule has 1 saturated heterocycles. The molecule has 1 amide bonds. The number of nitrogens with zero attached hydrogens (tertiary/aromatic N) is 4. The highest BCUT2D eigenvalue weighted by Crippen LogP contribution is 2.22. The maximum absolute atomic E-state index is 12.2. The Labute approximate surface area is 161 Å². The van der Waals surface area contributed by atoms with Crippen LogP contribution in [0.4, 0.5) is 11.5 Å². The van der Waals surface area contributed by atoms with Crippen LogP contribution < -0.4 is 10.2 Å². The lowest BCUT2D eigenvalue weighted by Gasteiger charge is -2.35. The number of benzene rings is 1. The molecule has 0 radical (unpaired) electrons. The zero-order valence-corrected chi connectivity index (χ0v) is 15.4. The van der Waals surface area contributed by atoms with E-state index < -0.39 is 4.92 Å². The highest BCUT2D eigenvalue weighted by Gasteiger charge is 2.18. The number of hydrogen-bond donors (Lipinski definition) is 1. The fourth-order valence-corrected chi connectivity index (χ4v) is 3.23. The molecular formula is C18H20ClN5O3. The van der Waals surface area contributed by atoms with E-state index in [0.717, 1.165) is 38.5 Å². The van der Waals surface area contributed by atoms with Crippen molar-refractivity contribution in [1.29, 1.82) is 0 Å². The van der Waals surface area contributed by atoms with Crippen molar-refractivity contribution in [1.82, 2.24) is 15.2 Å². The Morgan fingerprint density at radius 1 is 1.22 bits per heavy atom. The molecule has 9 heteroatoms. The van der Waals surface area contributed by atoms with E-state index >= 15 is 0 Å². The van der Waals surface area contributed by atoms with Crippen LogP contribution in [0.15, 0.2) is 42.6 Å². The molecule has 1 aliphatic heterocycles. The second kappa shape index (κ2) is 8.79. The van der Waals surface area contributed by atoms with Crippen molar-refractivity contribution >= 4 is 29.0 Å². The fraction of sp³-hybridized carbons (Fsp3) is 0.333. The molecule has 1 aromatic heterocycles. The van der Waals surface area contributed by atoms with Gasteiger partial charge in [-0.25, -0.2) is 4.98 Å². The largest absolute Gasteiger partial charge is 0.354 e. The van der Waals surface area contributed by atoms with Gasteiger partial charge in [-0.2, -0.15) is 0 Å². The molecule has 27 heavy (non-hydrogen) atoms. The highest BCUT2D eigenvalue weighted by molar-refractivity contribution is 6.34. The topological polar surface area (TPSA) is 91.6 Å². The van der Waals surface area contributed by atoms with E-state index in [1.165, 1.54) is 18.2 Å². The highest BCUT2D eigenvalue weighted by atomic mass is 35.5. The molecule has 0 spiro atoms. The van der Waals surface area contributed by atoms with Crippen LogP contribution in [0.3, 0.4) is 0 Å². The lowest BCUT2D eigenvalue weighted by molar-refractivity contribution is -0.384. The van der Waals surface area contributed by atoms with Crippen molar-refractivity contribution in [2.24, 2.45) is 0 Å². The Morgan fingerprint density at radius 3 is 2.63 bits per heavy atom. The van der Waals surface area contributed by atoms with Gasteiger partial charge < -0.3 is 10.2 Å². The first-order valence-corrected chi connectivity index (χ1v) is 9.03. The molecule has 0 bridgehead atoms. The molecule has 0 saturated carbocycles. The number of halogens is 1. The van der Waals surface area contributed by atoms with E-state index in [2.05, 4.69) is 20.1 Å². The number of non-ortho nitro benzene ring substituents is 1. The molecule has 1 N–H and O–H groups in total. The van der Waals surface area contributed by atoms with Gasteiger partial charge in [0.2, 0.25) is 0 Å². The van der Waals surface area contributed by atoms with Crippen LogP contribution in [0, 0.1) is 10.1 Å². The minimum absolute atomic E-state index is 0.0747. The molecule has 0 unspecified atom stereocenters. The zero-order chi connectivity index (χ0) is 19.2. The monoisotopic (exact) mass is 389 g/mol. The third kappa shape index (κ3) is 4.93. The van der Waals surface area contributed by atoms with Crippen molar-refractivity contribution in [3.05, 3.63) is 63.3 Å². The molecule has 8 nitrogen and oxygen atoms in total. The average Bonchev–Trinajstić information content (AvgIpc) is 2.69. The number of aromatic nitrogens is 1. The number of rotatable bonds is 6. The summed E-state index contributed by atoms with van der Waals surface area (Å²) in [6, 6.07) is 9.73. The Hall–Kier alpha value is -2.71. The first kappa shape index (κ1) is 19.1. The van der Waals surface area contributed by atoms with Gasteiger partial charge in [0, 0.05) is 57.6 Å². The smallest absolute Gasteiger partial charge is 0.270 e. The minimum atomic E-state index is -0.543. The number of amides is 1. The summed E-state index contributed by atoms with van der Waals surface area (Å²) in [5.41, 5.74) is 0.101. The minimum Gasteiger partial charge on any atom is -0.354 e. The predicted octanol–water partition coefficient (Wildman–Crippen LogP) is 2.20. The van der Waals surface area contributed by atoms with Crippen LogP contribution in [0.2, 0.25) is 5.02 Å². The van der Waals surface area contributed by atoms with Crippen LogP contribution in [-0.2, 0) is 0 Å². The van der Waals surface area contributed by atoms with Gasteiger partial charge in [-0.1, -0.05) is 17.7 Å². The molecule has 3 rings (SSSR count). The second-order valence-electron chi connectivity index (χ2n) is 6.19. The normalized spacial score (nSPS) is 14.8. The van der Waals surface area contributed by atoms with Gasteiger partial charge in [-0.3, -0.25) is 19.8 Å². The Morgan fingerprint density at radius 2 is 2.00 bits per heavy atom. The van der Waals surface area contributed by atoms with Gasteiger partial charge in [0.25, 0.3) is 11.6 Å². The average molecular weight is 390 g/mol. The Kier molecular flexibility index (Phi) is 6.20. The first-order chi connectivity index (χ1) is 13.0. The van der Waals surface area contributed by atoms with E-state index in [0.29, 0.717) is 6.54 Å². The quantitative estimate of drug-likeness (QED) is 0.601. The van der Waals surface area contributed by atoms with Crippen LogP contribution in [0.25, 0.3) is 0 Å². The summed E-state index contributed by atoms with van der Waals surface area (Å²) in [5.74, 6) is 0.653. The number of hydrogen-bond acceptors (Lipinski definition) is 6. The number of carbonyl (C=O) groups excluding carboxylic acids is 1. The van der Waals surface area contributed by atoms with Crippen molar-refractivity contribution in [3.8, 4) is 0 Å². The summed E-state index contributed by atoms with van der Waals surface area (Å²) in [7, 11) is 0. The van der Waals surface area contributed by atoms with E-state index in [9.17, 15) is 14.9 Å². The standard InChI is InChI=1S/C18H20ClN5O3/c19-16-13-14(24(26)27)4-5-15(16)18(25)21-7-8-22-9-11-23(12-10-22)17-3-1-2-6-20-17/h1-6,13H,7-12H2,(H,21,25). The summed E-state index contributed by atoms with van der Waals surface area (Å²) in [6.07, 6.45) is 1.79. The van der Waals surface area contributed by atoms with Crippen molar-refractivity contribution in [3.63, 3.8) is 0 Å². The van der Waals surface area contributed by atoms with E-state index in [-0.39, 0.29) is 22.2 Å². The molecule has 2 aromatic rings. The fourth-order valence-electron chi connectivity index (χ4n) is 2.97. The lowest BCUT2D eigenvalue weighted by Crippen LogP contribution is -2.48. The summed E-state index contributed by atoms with van der Waals surface area (Å²) in [6.45, 7) is 4.77. The van der Waals surface area contributed by atoms with Crippen LogP contribution >= 0.6 is 11.6 Å². The maximum Gasteiger partial charge on any atom is 0.270 e. The molecule has 2 heterocycles. The van der Waals surface area contributed by atoms with Gasteiger partial charge in [-0.05, 0) is 18.2 Å². The molecule has 0 aliphatic carbocycles. The Balaban J connectivity index is 1.44. The van der Waals surface area contributed by atoms with E-state index in [1.54, 1.807) is 6.20 Å². The van der Waals surface area contributed by atoms with Crippen LogP contribution in [0.5, 0.6) is 0 Å². The molecule has 0 atom stereocenters. The summed E-state index contributed by atoms with van der Waals surface area (Å²) in [5, 5.41) is 13.6. The lowest BCUT2D eigenvalue weighted by atomic mass is 10.2. The number of anilines is 1. The number of pyridine rings is 1. The number of nitro groups is 1. The van der Waals surface area contributed by atoms with Crippen LogP contribution in [-0.4, -0.2) is 60.0 Å². The molecule has 142 valence electrons. The Bertz CT molecular complexity index is 810. The van der Waals surface area contributed by atoms with E-state index in [1.807, 2.05) is 18.2 Å². The molecular weight excluding hydrogens is 370 g/mol. The SMILES string of the molecule is O=C(NCCN1CCN(c2ccccn2)CC1)c1ccc([N+](=O)[O-])cc1Cl. The van der Waals surface area contributed by atoms with Crippen molar-refractivity contribution in [2.75, 3.05) is 44.2 Å². The van der Waals surface area contributed by atoms with Crippen molar-refractivity contribution < 1.29 is 9.72 Å². The maximum atomic E-state index is 12.2. The number of nitro benzene ring substituents is 1. The molecule has 1 fully saturated rings. The number of piperazine rings is 1. The first-order valence-electron chi connectivity index (χ1n) is 8.65. The van der Waals surface area contributed by atoms with Crippen molar-refractivity contribution in [2.45, 2.75) is 0 Å². The van der Waals surface area contributed by atoms with Gasteiger partial charge in [0.1, 0.15) is 5.82 Å². The van der Waals surface area contributed by atoms with Gasteiger partial charge in [0.15, 0.2) is 0 Å². The summed E-state index contributed by atoms with van der Waals surface area (Å²) >= 11 is 5.98. The third-order valence-corrected chi connectivity index (χ3v) is 4.78. The van der Waals surface area contributed by atoms with Gasteiger partial charge in [0.05, 0.1) is 15.5 Å². The number of nitrogens with one attached hydrogen (secondary N) is 1. The van der Waals surface area contributed by atoms with Crippen LogP contribution in [0.1, 0.15) is 10.4 Å². The second-order valence-corrected chi connectivity index (χ2v) is 6.60. The summed E-state index contributed by atoms with van der Waals surface area (Å²) in [4.78, 5) is 31.3. The zero-order valence-electron chi connectivity index (χ0n) is 14.7. The van der Waals surface area contributed by atoms with E-state index in [4.69, 9.17) is 11.6 Å².